The minimum atomic E-state index is -0.966. The summed E-state index contributed by atoms with van der Waals surface area (Å²) in [6, 6.07) is 7.54. The quantitative estimate of drug-likeness (QED) is 0.528. The molecule has 0 aliphatic carbocycles. The molecule has 0 unspecified atom stereocenters. The third kappa shape index (κ3) is 3.57. The Morgan fingerprint density at radius 2 is 1.74 bits per heavy atom. The van der Waals surface area contributed by atoms with E-state index in [1.165, 1.54) is 12.1 Å². The van der Waals surface area contributed by atoms with Gasteiger partial charge < -0.3 is 14.4 Å². The average molecular weight is 333 g/mol. The molecular weight excluding hydrogens is 316 g/mol. The van der Waals surface area contributed by atoms with E-state index >= 15 is 0 Å². The van der Waals surface area contributed by atoms with Crippen molar-refractivity contribution in [2.45, 2.75) is 38.9 Å². The van der Waals surface area contributed by atoms with Crippen molar-refractivity contribution in [1.82, 2.24) is 0 Å². The smallest absolute Gasteiger partial charge is 0.487 e. The van der Waals surface area contributed by atoms with Crippen LogP contribution in [0, 0.1) is 6.07 Å². The molecule has 1 heterocycles. The zero-order valence-electron chi connectivity index (χ0n) is 12.0. The molecular formula is C13H16BO4Rb. The largest absolute Gasteiger partial charge is 1.00 e. The summed E-state index contributed by atoms with van der Waals surface area (Å²) < 4.78 is 11.7. The summed E-state index contributed by atoms with van der Waals surface area (Å²) in [5, 5.41) is 8.82. The molecule has 1 aliphatic heterocycles. The molecule has 0 saturated carbocycles. The van der Waals surface area contributed by atoms with Crippen molar-refractivity contribution < 1.29 is 77.4 Å². The van der Waals surface area contributed by atoms with Crippen molar-refractivity contribution in [2.75, 3.05) is 0 Å². The van der Waals surface area contributed by atoms with Crippen LogP contribution in [0.25, 0.3) is 0 Å². The van der Waals surface area contributed by atoms with Gasteiger partial charge in [0.25, 0.3) is 5.97 Å². The third-order valence-electron chi connectivity index (χ3n) is 3.59. The molecule has 2 rings (SSSR count). The summed E-state index contributed by atoms with van der Waals surface area (Å²) in [5.41, 5.74) is 0.0995. The first-order chi connectivity index (χ1) is 8.23. The van der Waals surface area contributed by atoms with E-state index in [-0.39, 0.29) is 63.8 Å². The molecule has 0 amide bonds. The number of rotatable bonds is 2. The van der Waals surface area contributed by atoms with Gasteiger partial charge in [0.2, 0.25) is 0 Å². The molecule has 1 aromatic rings. The summed E-state index contributed by atoms with van der Waals surface area (Å²) in [6.45, 7) is 7.88. The van der Waals surface area contributed by atoms with Crippen molar-refractivity contribution in [2.24, 2.45) is 0 Å². The standard InChI is InChI=1S/C13H16BO4.Rb/c1-12(2)13(3,4)18-14(17-12)10-7-5-9(6-8-10)11(15)16;/h5-7H,1-4H3,(H,15,16);/q-1;+1. The second-order valence-electron chi connectivity index (χ2n) is 5.43. The first-order valence-corrected chi connectivity index (χ1v) is 5.83. The number of hydrogen-bond acceptors (Lipinski definition) is 3. The Balaban J connectivity index is 0.00000180. The number of benzene rings is 1. The number of carboxylic acid groups (broad SMARTS) is 1. The first kappa shape index (κ1) is 17.5. The van der Waals surface area contributed by atoms with Crippen LogP contribution in [0.2, 0.25) is 0 Å². The van der Waals surface area contributed by atoms with Gasteiger partial charge in [-0.05, 0) is 27.7 Å². The van der Waals surface area contributed by atoms with E-state index in [9.17, 15) is 4.79 Å². The predicted molar refractivity (Wildman–Crippen MR) is 68.0 cm³/mol. The van der Waals surface area contributed by atoms with Gasteiger partial charge in [-0.15, -0.1) is 5.46 Å². The zero-order chi connectivity index (χ0) is 13.6. The van der Waals surface area contributed by atoms with Crippen LogP contribution in [0.15, 0.2) is 18.2 Å². The molecule has 96 valence electrons. The molecule has 0 aromatic heterocycles. The van der Waals surface area contributed by atoms with E-state index in [0.29, 0.717) is 5.46 Å². The molecule has 1 fully saturated rings. The Labute approximate surface area is 162 Å². The van der Waals surface area contributed by atoms with Crippen LogP contribution in [0.4, 0.5) is 0 Å². The Hall–Kier alpha value is 0.480. The van der Waals surface area contributed by atoms with Crippen molar-refractivity contribution in [3.05, 3.63) is 29.8 Å². The average Bonchev–Trinajstić information content (AvgIpc) is 2.48. The number of carboxylic acids is 1. The fourth-order valence-corrected chi connectivity index (χ4v) is 1.69. The molecule has 19 heavy (non-hydrogen) atoms. The van der Waals surface area contributed by atoms with Gasteiger partial charge in [-0.3, -0.25) is 4.79 Å². The van der Waals surface area contributed by atoms with Crippen LogP contribution in [-0.2, 0) is 9.31 Å². The van der Waals surface area contributed by atoms with Crippen LogP contribution in [-0.4, -0.2) is 29.4 Å². The van der Waals surface area contributed by atoms with Crippen LogP contribution < -0.4 is 63.7 Å². The molecule has 0 atom stereocenters. The van der Waals surface area contributed by atoms with E-state index in [0.717, 1.165) is 0 Å². The van der Waals surface area contributed by atoms with Gasteiger partial charge in [-0.2, -0.15) is 24.3 Å². The van der Waals surface area contributed by atoms with Crippen molar-refractivity contribution >= 4 is 18.6 Å². The van der Waals surface area contributed by atoms with Gasteiger partial charge in [-0.25, -0.2) is 0 Å². The predicted octanol–water partition coefficient (Wildman–Crippen LogP) is -1.51. The van der Waals surface area contributed by atoms with E-state index < -0.39 is 24.3 Å². The number of carbonyl (C=O) groups is 1. The summed E-state index contributed by atoms with van der Waals surface area (Å²) in [6.07, 6.45) is 0. The van der Waals surface area contributed by atoms with Crippen molar-refractivity contribution in [3.8, 4) is 0 Å². The van der Waals surface area contributed by atoms with Gasteiger partial charge in [0.15, 0.2) is 0 Å². The summed E-state index contributed by atoms with van der Waals surface area (Å²) in [7, 11) is -0.502. The summed E-state index contributed by atoms with van der Waals surface area (Å²) in [5.74, 6) is -0.966. The summed E-state index contributed by atoms with van der Waals surface area (Å²) >= 11 is 0. The van der Waals surface area contributed by atoms with E-state index in [1.54, 1.807) is 6.07 Å². The van der Waals surface area contributed by atoms with Gasteiger partial charge in [0.05, 0.1) is 11.2 Å². The minimum Gasteiger partial charge on any atom is -0.487 e. The maximum Gasteiger partial charge on any atom is 1.00 e. The van der Waals surface area contributed by atoms with E-state index in [4.69, 9.17) is 14.4 Å². The monoisotopic (exact) mass is 332 g/mol. The molecule has 1 aliphatic rings. The maximum atomic E-state index is 10.8. The Kier molecular flexibility index (Phi) is 5.61. The molecule has 4 nitrogen and oxygen atoms in total. The molecule has 1 aromatic carbocycles. The zero-order valence-corrected chi connectivity index (χ0v) is 16.9. The van der Waals surface area contributed by atoms with Gasteiger partial charge in [0.1, 0.15) is 0 Å². The fourth-order valence-electron chi connectivity index (χ4n) is 1.69. The topological polar surface area (TPSA) is 55.8 Å². The van der Waals surface area contributed by atoms with Crippen LogP contribution in [0.1, 0.15) is 38.1 Å². The van der Waals surface area contributed by atoms with Gasteiger partial charge in [0, 0.05) is 0 Å². The van der Waals surface area contributed by atoms with Crippen LogP contribution in [0.5, 0.6) is 0 Å². The van der Waals surface area contributed by atoms with E-state index in [1.807, 2.05) is 27.7 Å². The molecule has 1 N–H and O–H groups in total. The first-order valence-electron chi connectivity index (χ1n) is 5.83. The molecule has 0 radical (unpaired) electrons. The van der Waals surface area contributed by atoms with E-state index in [2.05, 4.69) is 6.07 Å². The number of aromatic carboxylic acids is 1. The number of hydrogen-bond donors (Lipinski definition) is 1. The molecule has 0 spiro atoms. The minimum absolute atomic E-state index is 0. The van der Waals surface area contributed by atoms with Crippen LogP contribution in [0.3, 0.4) is 0 Å². The van der Waals surface area contributed by atoms with Crippen molar-refractivity contribution in [3.63, 3.8) is 0 Å². The van der Waals surface area contributed by atoms with Crippen LogP contribution >= 0.6 is 0 Å². The second kappa shape index (κ2) is 6.08. The Morgan fingerprint density at radius 1 is 1.21 bits per heavy atom. The molecule has 6 heteroatoms. The van der Waals surface area contributed by atoms with Gasteiger partial charge in [-0.1, -0.05) is 5.56 Å². The van der Waals surface area contributed by atoms with Crippen molar-refractivity contribution in [1.29, 1.82) is 0 Å². The van der Waals surface area contributed by atoms with Gasteiger partial charge >= 0.3 is 65.3 Å². The fraction of sp³-hybridized carbons (Fsp3) is 0.462. The second-order valence-corrected chi connectivity index (χ2v) is 5.43. The third-order valence-corrected chi connectivity index (χ3v) is 3.59. The summed E-state index contributed by atoms with van der Waals surface area (Å²) in [4.78, 5) is 10.8. The molecule has 0 bridgehead atoms. The maximum absolute atomic E-state index is 10.8. The Bertz CT molecular complexity index is 454. The molecule has 1 saturated heterocycles. The SMILES string of the molecule is CC1(C)OB(c2[c-]cc(C(=O)O)cc2)OC1(C)C.[Rb+]. The normalized spacial score (nSPS) is 19.9. The Morgan fingerprint density at radius 3 is 2.11 bits per heavy atom.